The number of carboxylic acids is 1. The molecule has 0 bridgehead atoms. The SMILES string of the molecule is O=C(O)/C=C/C(O)Nc1c(Br)cc(Cl)cc1C(=O)NCC1CC1. The Bertz CT molecular complexity index is 647. The molecular formula is C15H16BrClN2O4. The first-order valence-corrected chi connectivity index (χ1v) is 8.17. The van der Waals surface area contributed by atoms with Crippen molar-refractivity contribution in [3.05, 3.63) is 39.3 Å². The normalized spacial score (nSPS) is 15.4. The fourth-order valence-electron chi connectivity index (χ4n) is 1.92. The van der Waals surface area contributed by atoms with E-state index in [1.807, 2.05) is 0 Å². The van der Waals surface area contributed by atoms with Crippen molar-refractivity contribution in [3.8, 4) is 0 Å². The molecule has 0 aliphatic heterocycles. The summed E-state index contributed by atoms with van der Waals surface area (Å²) in [6.45, 7) is 0.601. The van der Waals surface area contributed by atoms with Crippen LogP contribution >= 0.6 is 27.5 Å². The Balaban J connectivity index is 2.18. The minimum Gasteiger partial charge on any atom is -0.478 e. The lowest BCUT2D eigenvalue weighted by molar-refractivity contribution is -0.131. The number of anilines is 1. The molecule has 124 valence electrons. The first-order valence-electron chi connectivity index (χ1n) is 7.00. The molecule has 1 fully saturated rings. The number of aliphatic hydroxyl groups is 1. The van der Waals surface area contributed by atoms with Gasteiger partial charge in [0, 0.05) is 22.1 Å². The Morgan fingerprint density at radius 2 is 2.13 bits per heavy atom. The van der Waals surface area contributed by atoms with Crippen LogP contribution in [0.1, 0.15) is 23.2 Å². The van der Waals surface area contributed by atoms with Gasteiger partial charge in [0.15, 0.2) is 0 Å². The summed E-state index contributed by atoms with van der Waals surface area (Å²) < 4.78 is 0.490. The van der Waals surface area contributed by atoms with Crippen molar-refractivity contribution in [1.82, 2.24) is 5.32 Å². The summed E-state index contributed by atoms with van der Waals surface area (Å²) in [7, 11) is 0. The molecular weight excluding hydrogens is 388 g/mol. The van der Waals surface area contributed by atoms with Crippen molar-refractivity contribution in [2.24, 2.45) is 5.92 Å². The second-order valence-corrected chi connectivity index (χ2v) is 6.54. The minimum absolute atomic E-state index is 0.271. The molecule has 0 spiro atoms. The van der Waals surface area contributed by atoms with Crippen molar-refractivity contribution in [3.63, 3.8) is 0 Å². The summed E-state index contributed by atoms with van der Waals surface area (Å²) in [5.41, 5.74) is 0.609. The number of aliphatic carboxylic acids is 1. The molecule has 8 heteroatoms. The molecule has 1 aromatic carbocycles. The number of hydrogen-bond acceptors (Lipinski definition) is 4. The van der Waals surface area contributed by atoms with Crippen LogP contribution < -0.4 is 10.6 Å². The fraction of sp³-hybridized carbons (Fsp3) is 0.333. The highest BCUT2D eigenvalue weighted by Crippen LogP contribution is 2.32. The van der Waals surface area contributed by atoms with Gasteiger partial charge < -0.3 is 20.8 Å². The average Bonchev–Trinajstić information content (AvgIpc) is 3.29. The zero-order valence-corrected chi connectivity index (χ0v) is 14.4. The molecule has 1 aromatic rings. The standard InChI is InChI=1S/C15H16BrClN2O4/c16-11-6-9(17)5-10(15(23)18-7-8-1-2-8)14(11)19-12(20)3-4-13(21)22/h3-6,8,12,19-20H,1-2,7H2,(H,18,23)(H,21,22)/b4-3+. The van der Waals surface area contributed by atoms with E-state index >= 15 is 0 Å². The molecule has 1 saturated carbocycles. The van der Waals surface area contributed by atoms with Gasteiger partial charge in [-0.05, 0) is 52.9 Å². The molecule has 1 atom stereocenters. The average molecular weight is 404 g/mol. The maximum atomic E-state index is 12.3. The van der Waals surface area contributed by atoms with E-state index in [0.29, 0.717) is 27.6 Å². The van der Waals surface area contributed by atoms with Gasteiger partial charge in [-0.15, -0.1) is 0 Å². The number of aliphatic hydroxyl groups excluding tert-OH is 1. The summed E-state index contributed by atoms with van der Waals surface area (Å²) in [6, 6.07) is 3.07. The summed E-state index contributed by atoms with van der Waals surface area (Å²) >= 11 is 9.28. The van der Waals surface area contributed by atoms with Crippen LogP contribution in [0.4, 0.5) is 5.69 Å². The van der Waals surface area contributed by atoms with Crippen LogP contribution in [-0.4, -0.2) is 34.9 Å². The van der Waals surface area contributed by atoms with Crippen LogP contribution in [0.15, 0.2) is 28.8 Å². The van der Waals surface area contributed by atoms with Crippen molar-refractivity contribution >= 4 is 45.1 Å². The van der Waals surface area contributed by atoms with Crippen molar-refractivity contribution in [1.29, 1.82) is 0 Å². The summed E-state index contributed by atoms with van der Waals surface area (Å²) in [5, 5.41) is 24.3. The predicted molar refractivity (Wildman–Crippen MR) is 90.6 cm³/mol. The zero-order chi connectivity index (χ0) is 17.0. The summed E-state index contributed by atoms with van der Waals surface area (Å²) in [4.78, 5) is 22.8. The Labute approximate surface area is 146 Å². The molecule has 0 heterocycles. The van der Waals surface area contributed by atoms with Crippen molar-refractivity contribution in [2.45, 2.75) is 19.1 Å². The highest BCUT2D eigenvalue weighted by molar-refractivity contribution is 9.10. The number of amides is 1. The number of hydrogen-bond donors (Lipinski definition) is 4. The number of carboxylic acid groups (broad SMARTS) is 1. The van der Waals surface area contributed by atoms with Gasteiger partial charge in [0.25, 0.3) is 5.91 Å². The van der Waals surface area contributed by atoms with Gasteiger partial charge in [-0.2, -0.15) is 0 Å². The molecule has 2 rings (SSSR count). The second kappa shape index (κ2) is 7.81. The summed E-state index contributed by atoms with van der Waals surface area (Å²) in [6.07, 6.45) is 2.84. The number of benzene rings is 1. The zero-order valence-electron chi connectivity index (χ0n) is 12.1. The van der Waals surface area contributed by atoms with E-state index in [4.69, 9.17) is 16.7 Å². The maximum absolute atomic E-state index is 12.3. The lowest BCUT2D eigenvalue weighted by atomic mass is 10.1. The Morgan fingerprint density at radius 1 is 1.43 bits per heavy atom. The van der Waals surface area contributed by atoms with Crippen molar-refractivity contribution < 1.29 is 19.8 Å². The first-order chi connectivity index (χ1) is 10.9. The van der Waals surface area contributed by atoms with E-state index in [0.717, 1.165) is 25.0 Å². The van der Waals surface area contributed by atoms with Crippen LogP contribution in [0.5, 0.6) is 0 Å². The third-order valence-electron chi connectivity index (χ3n) is 3.26. The highest BCUT2D eigenvalue weighted by Gasteiger charge is 2.23. The lowest BCUT2D eigenvalue weighted by Gasteiger charge is -2.17. The number of nitrogens with one attached hydrogen (secondary N) is 2. The Morgan fingerprint density at radius 3 is 2.74 bits per heavy atom. The Kier molecular flexibility index (Phi) is 6.04. The van der Waals surface area contributed by atoms with E-state index < -0.39 is 12.2 Å². The van der Waals surface area contributed by atoms with Gasteiger partial charge in [-0.1, -0.05) is 11.6 Å². The monoisotopic (exact) mass is 402 g/mol. The third-order valence-corrected chi connectivity index (χ3v) is 4.10. The molecule has 1 aliphatic rings. The highest BCUT2D eigenvalue weighted by atomic mass is 79.9. The molecule has 6 nitrogen and oxygen atoms in total. The van der Waals surface area contributed by atoms with Gasteiger partial charge in [-0.3, -0.25) is 4.79 Å². The van der Waals surface area contributed by atoms with Gasteiger partial charge >= 0.3 is 5.97 Å². The van der Waals surface area contributed by atoms with E-state index in [1.165, 1.54) is 6.07 Å². The van der Waals surface area contributed by atoms with Crippen LogP contribution in [0.25, 0.3) is 0 Å². The quantitative estimate of drug-likeness (QED) is 0.414. The topological polar surface area (TPSA) is 98.7 Å². The number of carbonyl (C=O) groups excluding carboxylic acids is 1. The van der Waals surface area contributed by atoms with E-state index in [-0.39, 0.29) is 11.5 Å². The molecule has 0 aromatic heterocycles. The molecule has 1 unspecified atom stereocenters. The van der Waals surface area contributed by atoms with Crippen LogP contribution in [-0.2, 0) is 4.79 Å². The number of halogens is 2. The lowest BCUT2D eigenvalue weighted by Crippen LogP contribution is -2.27. The van der Waals surface area contributed by atoms with Crippen molar-refractivity contribution in [2.75, 3.05) is 11.9 Å². The van der Waals surface area contributed by atoms with E-state index in [2.05, 4.69) is 26.6 Å². The van der Waals surface area contributed by atoms with E-state index in [1.54, 1.807) is 6.07 Å². The first kappa shape index (κ1) is 17.8. The largest absolute Gasteiger partial charge is 0.478 e. The van der Waals surface area contributed by atoms with Gasteiger partial charge in [0.05, 0.1) is 11.3 Å². The molecule has 0 saturated heterocycles. The molecule has 0 radical (unpaired) electrons. The second-order valence-electron chi connectivity index (χ2n) is 5.25. The number of rotatable bonds is 7. The fourth-order valence-corrected chi connectivity index (χ4v) is 2.85. The maximum Gasteiger partial charge on any atom is 0.328 e. The molecule has 1 amide bonds. The molecule has 4 N–H and O–H groups in total. The van der Waals surface area contributed by atoms with E-state index in [9.17, 15) is 14.7 Å². The van der Waals surface area contributed by atoms with Gasteiger partial charge in [0.1, 0.15) is 6.23 Å². The van der Waals surface area contributed by atoms with Gasteiger partial charge in [0.2, 0.25) is 0 Å². The van der Waals surface area contributed by atoms with Gasteiger partial charge in [-0.25, -0.2) is 4.79 Å². The van der Waals surface area contributed by atoms with Crippen LogP contribution in [0, 0.1) is 5.92 Å². The molecule has 1 aliphatic carbocycles. The summed E-state index contributed by atoms with van der Waals surface area (Å²) in [5.74, 6) is -0.956. The van der Waals surface area contributed by atoms with Crippen LogP contribution in [0.2, 0.25) is 5.02 Å². The smallest absolute Gasteiger partial charge is 0.328 e. The molecule has 23 heavy (non-hydrogen) atoms. The minimum atomic E-state index is -1.27. The number of carbonyl (C=O) groups is 2. The van der Waals surface area contributed by atoms with Crippen LogP contribution in [0.3, 0.4) is 0 Å². The Hall–Kier alpha value is -1.57. The predicted octanol–water partition coefficient (Wildman–Crippen LogP) is 2.61. The third kappa shape index (κ3) is 5.53.